The van der Waals surface area contributed by atoms with E-state index in [0.29, 0.717) is 28.7 Å². The Balaban J connectivity index is 1.80. The fourth-order valence-electron chi connectivity index (χ4n) is 3.05. The van der Waals surface area contributed by atoms with Gasteiger partial charge in [-0.15, -0.1) is 11.3 Å². The average Bonchev–Trinajstić information content (AvgIpc) is 3.08. The Morgan fingerprint density at radius 3 is 2.92 bits per heavy atom. The second-order valence-electron chi connectivity index (χ2n) is 5.71. The molecule has 0 bridgehead atoms. The van der Waals surface area contributed by atoms with Crippen molar-refractivity contribution >= 4 is 28.0 Å². The molecule has 25 heavy (non-hydrogen) atoms. The number of benzene rings is 1. The Bertz CT molecular complexity index is 1020. The van der Waals surface area contributed by atoms with E-state index in [0.717, 1.165) is 5.56 Å². The molecule has 1 aromatic carbocycles. The topological polar surface area (TPSA) is 72.7 Å². The van der Waals surface area contributed by atoms with Crippen molar-refractivity contribution in [1.29, 1.82) is 0 Å². The van der Waals surface area contributed by atoms with Gasteiger partial charge in [-0.2, -0.15) is 4.98 Å². The van der Waals surface area contributed by atoms with Crippen LogP contribution in [0.5, 0.6) is 5.75 Å². The molecule has 3 aromatic rings. The number of ether oxygens (including phenoxy) is 1. The summed E-state index contributed by atoms with van der Waals surface area (Å²) in [4.78, 5) is 29.5. The number of thiazole rings is 1. The van der Waals surface area contributed by atoms with Crippen molar-refractivity contribution in [3.05, 3.63) is 70.0 Å². The van der Waals surface area contributed by atoms with E-state index in [1.807, 2.05) is 29.6 Å². The number of aromatic nitrogens is 2. The van der Waals surface area contributed by atoms with Crippen LogP contribution < -0.4 is 15.6 Å². The highest BCUT2D eigenvalue weighted by atomic mass is 32.1. The zero-order valence-corrected chi connectivity index (χ0v) is 14.1. The third-order valence-corrected chi connectivity index (χ3v) is 4.92. The Morgan fingerprint density at radius 1 is 1.36 bits per heavy atom. The van der Waals surface area contributed by atoms with E-state index in [2.05, 4.69) is 16.9 Å². The van der Waals surface area contributed by atoms with Crippen LogP contribution in [0.25, 0.3) is 4.96 Å². The van der Waals surface area contributed by atoms with Gasteiger partial charge in [-0.1, -0.05) is 24.8 Å². The van der Waals surface area contributed by atoms with Crippen LogP contribution in [0.1, 0.15) is 23.5 Å². The van der Waals surface area contributed by atoms with E-state index in [1.165, 1.54) is 11.3 Å². The first-order valence-electron chi connectivity index (χ1n) is 7.80. The van der Waals surface area contributed by atoms with Crippen LogP contribution in [0.2, 0.25) is 0 Å². The summed E-state index contributed by atoms with van der Waals surface area (Å²) < 4.78 is 7.24. The third-order valence-electron chi connectivity index (χ3n) is 4.16. The summed E-state index contributed by atoms with van der Waals surface area (Å²) in [5.74, 6) is 0.792. The molecule has 1 aliphatic heterocycles. The van der Waals surface area contributed by atoms with Gasteiger partial charge in [0.1, 0.15) is 18.2 Å². The molecule has 1 amide bonds. The number of nitrogens with zero attached hydrogens (tertiary/aromatic N) is 2. The maximum absolute atomic E-state index is 12.6. The van der Waals surface area contributed by atoms with E-state index in [-0.39, 0.29) is 23.8 Å². The van der Waals surface area contributed by atoms with Crippen LogP contribution in [-0.2, 0) is 4.79 Å². The minimum absolute atomic E-state index is 0.116. The number of carbonyl (C=O) groups is 1. The zero-order chi connectivity index (χ0) is 17.4. The molecule has 0 aliphatic carbocycles. The van der Waals surface area contributed by atoms with Crippen LogP contribution in [0.4, 0.5) is 5.82 Å². The molecule has 1 N–H and O–H groups in total. The lowest BCUT2D eigenvalue weighted by Crippen LogP contribution is -2.31. The molecule has 0 saturated carbocycles. The summed E-state index contributed by atoms with van der Waals surface area (Å²) in [5, 5.41) is 4.66. The van der Waals surface area contributed by atoms with Crippen molar-refractivity contribution in [2.75, 3.05) is 11.9 Å². The number of anilines is 1. The van der Waals surface area contributed by atoms with Gasteiger partial charge in [0.05, 0.1) is 5.56 Å². The van der Waals surface area contributed by atoms with Crippen LogP contribution in [0.15, 0.2) is 53.3 Å². The first-order chi connectivity index (χ1) is 12.2. The zero-order valence-electron chi connectivity index (χ0n) is 13.3. The number of fused-ring (bicyclic) bond motifs is 3. The quantitative estimate of drug-likeness (QED) is 0.732. The summed E-state index contributed by atoms with van der Waals surface area (Å²) in [5.41, 5.74) is 1.11. The van der Waals surface area contributed by atoms with E-state index in [1.54, 1.807) is 16.7 Å². The van der Waals surface area contributed by atoms with E-state index >= 15 is 0 Å². The second-order valence-corrected chi connectivity index (χ2v) is 6.58. The molecule has 4 rings (SSSR count). The number of carbonyl (C=O) groups excluding carboxylic acids is 1. The van der Waals surface area contributed by atoms with Gasteiger partial charge in [0.15, 0.2) is 4.96 Å². The van der Waals surface area contributed by atoms with Crippen molar-refractivity contribution in [1.82, 2.24) is 9.38 Å². The van der Waals surface area contributed by atoms with Gasteiger partial charge in [-0.05, 0) is 17.7 Å². The van der Waals surface area contributed by atoms with Crippen molar-refractivity contribution in [3.8, 4) is 5.75 Å². The van der Waals surface area contributed by atoms with Gasteiger partial charge in [-0.25, -0.2) is 0 Å². The summed E-state index contributed by atoms with van der Waals surface area (Å²) in [6, 6.07) is 7.43. The molecule has 3 heterocycles. The van der Waals surface area contributed by atoms with Gasteiger partial charge in [0.2, 0.25) is 5.91 Å². The summed E-state index contributed by atoms with van der Waals surface area (Å²) in [6.45, 7) is 4.04. The molecule has 2 aromatic heterocycles. The van der Waals surface area contributed by atoms with E-state index < -0.39 is 0 Å². The summed E-state index contributed by atoms with van der Waals surface area (Å²) >= 11 is 1.36. The van der Waals surface area contributed by atoms with Crippen LogP contribution >= 0.6 is 11.3 Å². The fourth-order valence-corrected chi connectivity index (χ4v) is 3.76. The van der Waals surface area contributed by atoms with Crippen LogP contribution in [0.3, 0.4) is 0 Å². The first kappa shape index (κ1) is 15.6. The van der Waals surface area contributed by atoms with Crippen molar-refractivity contribution in [2.45, 2.75) is 12.3 Å². The summed E-state index contributed by atoms with van der Waals surface area (Å²) in [7, 11) is 0. The first-order valence-corrected chi connectivity index (χ1v) is 8.68. The van der Waals surface area contributed by atoms with Crippen LogP contribution in [-0.4, -0.2) is 21.9 Å². The predicted octanol–water partition coefficient (Wildman–Crippen LogP) is 2.79. The molecule has 0 radical (unpaired) electrons. The second kappa shape index (κ2) is 6.18. The van der Waals surface area contributed by atoms with Gasteiger partial charge < -0.3 is 10.1 Å². The molecule has 6 nitrogen and oxygen atoms in total. The Kier molecular flexibility index (Phi) is 3.85. The lowest BCUT2D eigenvalue weighted by atomic mass is 9.87. The number of rotatable bonds is 4. The third kappa shape index (κ3) is 2.72. The highest BCUT2D eigenvalue weighted by Gasteiger charge is 2.31. The van der Waals surface area contributed by atoms with E-state index in [9.17, 15) is 9.59 Å². The smallest absolute Gasteiger partial charge is 0.279 e. The molecule has 0 saturated heterocycles. The molecule has 0 unspecified atom stereocenters. The lowest BCUT2D eigenvalue weighted by molar-refractivity contribution is -0.116. The normalized spacial score (nSPS) is 16.3. The van der Waals surface area contributed by atoms with E-state index in [4.69, 9.17) is 4.74 Å². The van der Waals surface area contributed by atoms with Gasteiger partial charge in [0, 0.05) is 23.9 Å². The Hall–Kier alpha value is -2.93. The number of hydrogen-bond donors (Lipinski definition) is 1. The molecule has 126 valence electrons. The largest absolute Gasteiger partial charge is 0.490 e. The van der Waals surface area contributed by atoms with Crippen molar-refractivity contribution < 1.29 is 9.53 Å². The minimum atomic E-state index is -0.325. The molecule has 1 atom stereocenters. The number of nitrogens with one attached hydrogen (secondary N) is 1. The average molecular weight is 353 g/mol. The standard InChI is InChI=1S/C18H15N3O3S/c1-2-8-24-12-5-3-11(4-6-12)13-10-14(22)19-16-15(13)17(23)20-18-21(16)7-9-25-18/h2-7,9,13H,1,8,10H2,(H,19,22)/t13-/m0/s1. The minimum Gasteiger partial charge on any atom is -0.490 e. The Labute approximate surface area is 147 Å². The SMILES string of the molecule is C=CCOc1ccc([C@@H]2CC(=O)Nc3c2c(=O)nc2sccn32)cc1. The molecule has 0 spiro atoms. The summed E-state index contributed by atoms with van der Waals surface area (Å²) in [6.07, 6.45) is 3.70. The number of amides is 1. The Morgan fingerprint density at radius 2 is 2.16 bits per heavy atom. The molecular weight excluding hydrogens is 338 g/mol. The van der Waals surface area contributed by atoms with Gasteiger partial charge in [0.25, 0.3) is 5.56 Å². The van der Waals surface area contributed by atoms with Crippen molar-refractivity contribution in [2.24, 2.45) is 0 Å². The molecule has 7 heteroatoms. The highest BCUT2D eigenvalue weighted by molar-refractivity contribution is 7.15. The van der Waals surface area contributed by atoms with Gasteiger partial charge >= 0.3 is 0 Å². The van der Waals surface area contributed by atoms with Gasteiger partial charge in [-0.3, -0.25) is 14.0 Å². The number of hydrogen-bond acceptors (Lipinski definition) is 5. The molecule has 1 aliphatic rings. The van der Waals surface area contributed by atoms with Crippen molar-refractivity contribution in [3.63, 3.8) is 0 Å². The maximum Gasteiger partial charge on any atom is 0.279 e. The predicted molar refractivity (Wildman–Crippen MR) is 96.6 cm³/mol. The van der Waals surface area contributed by atoms with Crippen LogP contribution in [0, 0.1) is 0 Å². The monoisotopic (exact) mass is 353 g/mol. The molecule has 0 fully saturated rings. The fraction of sp³-hybridized carbons (Fsp3) is 0.167. The maximum atomic E-state index is 12.6. The highest BCUT2D eigenvalue weighted by Crippen LogP contribution is 2.35. The molecular formula is C18H15N3O3S. The lowest BCUT2D eigenvalue weighted by Gasteiger charge is -2.25.